The van der Waals surface area contributed by atoms with E-state index in [0.717, 1.165) is 0 Å². The predicted octanol–water partition coefficient (Wildman–Crippen LogP) is 0.190. The van der Waals surface area contributed by atoms with Crippen LogP contribution in [0, 0.1) is 23.7 Å². The van der Waals surface area contributed by atoms with E-state index in [0.29, 0.717) is 0 Å². The third kappa shape index (κ3) is 141. The van der Waals surface area contributed by atoms with Gasteiger partial charge in [0.25, 0.3) is 0 Å². The van der Waals surface area contributed by atoms with Gasteiger partial charge in [-0.3, -0.25) is 0 Å². The minimum absolute atomic E-state index is 0. The molecule has 0 radical (unpaired) electrons. The van der Waals surface area contributed by atoms with Crippen molar-refractivity contribution in [1.82, 2.24) is 0 Å². The predicted molar refractivity (Wildman–Crippen MR) is 9.94 cm³/mol. The van der Waals surface area contributed by atoms with Crippen LogP contribution in [-0.4, -0.2) is 0 Å². The average molecular weight is 249 g/mol. The molecule has 0 amide bonds. The molecule has 0 aromatic carbocycles. The summed E-state index contributed by atoms with van der Waals surface area (Å²) in [5.74, 6) is 0. The molecule has 0 aromatic heterocycles. The van der Waals surface area contributed by atoms with E-state index in [1.54, 1.807) is 0 Å². The molecule has 0 heterocycles. The Balaban J connectivity index is -0.0000000133. The minimum Gasteiger partial charge on any atom is -0.512 e. The van der Waals surface area contributed by atoms with Crippen molar-refractivity contribution in [2.75, 3.05) is 0 Å². The second kappa shape index (κ2) is 352. The van der Waals surface area contributed by atoms with E-state index in [9.17, 15) is 0 Å². The van der Waals surface area contributed by atoms with Crippen molar-refractivity contribution < 1.29 is 22.4 Å². The van der Waals surface area contributed by atoms with Gasteiger partial charge in [-0.25, -0.2) is 0 Å². The van der Waals surface area contributed by atoms with Gasteiger partial charge >= 0.3 is 22.4 Å². The normalized spacial score (nSPS) is 0.800. The summed E-state index contributed by atoms with van der Waals surface area (Å²) in [6, 6.07) is 0. The summed E-state index contributed by atoms with van der Waals surface area (Å²) in [5.41, 5.74) is 0. The molecular weight excluding hydrogens is 249 g/mol. The van der Waals surface area contributed by atoms with Crippen molar-refractivity contribution in [3.63, 3.8) is 0 Å². The van der Waals surface area contributed by atoms with Crippen molar-refractivity contribution in [2.24, 2.45) is 0 Å². The second-order valence-corrected chi connectivity index (χ2v) is 0. The Labute approximate surface area is 46.5 Å². The summed E-state index contributed by atoms with van der Waals surface area (Å²) in [6.07, 6.45) is 0. The van der Waals surface area contributed by atoms with Crippen LogP contribution in [0.2, 0.25) is 0 Å². The Hall–Kier alpha value is -0.280. The number of nitrogens with zero attached hydrogens (tertiary/aromatic N) is 2. The summed E-state index contributed by atoms with van der Waals surface area (Å²) in [5, 5.41) is 12.5. The fourth-order valence-corrected chi connectivity index (χ4v) is 0. The van der Waals surface area contributed by atoms with Gasteiger partial charge in [0, 0.05) is 0 Å². The Kier molecular flexibility index (Phi) is 1550. The third-order valence-corrected chi connectivity index (χ3v) is 0. The molecule has 0 aliphatic heterocycles. The molecule has 2 nitrogen and oxygen atoms in total. The van der Waals surface area contributed by atoms with Gasteiger partial charge in [0.15, 0.2) is 0 Å². The first kappa shape index (κ1) is 22.1. The van der Waals surface area contributed by atoms with Crippen LogP contribution >= 0.6 is 0 Å². The molecule has 0 aromatic rings. The van der Waals surface area contributed by atoms with E-state index in [1.807, 2.05) is 0 Å². The number of hydrogen-bond acceptors (Lipinski definition) is 2. The topological polar surface area (TPSA) is 47.6 Å². The van der Waals surface area contributed by atoms with Crippen LogP contribution in [-0.2, 0) is 22.4 Å². The van der Waals surface area contributed by atoms with Gasteiger partial charge < -0.3 is 23.7 Å². The van der Waals surface area contributed by atoms with Crippen LogP contribution in [0.4, 0.5) is 0 Å². The second-order valence-electron chi connectivity index (χ2n) is 0. The van der Waals surface area contributed by atoms with Crippen LogP contribution in [0.5, 0.6) is 0 Å². The first-order valence-corrected chi connectivity index (χ1v) is 0.447. The van der Waals surface area contributed by atoms with Crippen LogP contribution in [0.3, 0.4) is 0 Å². The zero-order valence-corrected chi connectivity index (χ0v) is 4.36. The van der Waals surface area contributed by atoms with Crippen LogP contribution in [0.15, 0.2) is 0 Å². The molecule has 0 aliphatic rings. The van der Waals surface area contributed by atoms with Crippen LogP contribution < -0.4 is 0 Å². The molecular formula is C2AuN2+. The van der Waals surface area contributed by atoms with Gasteiger partial charge in [-0.05, 0) is 0 Å². The Morgan fingerprint density at radius 2 is 0.800 bits per heavy atom. The molecule has 0 fully saturated rings. The molecule has 0 N–H and O–H groups in total. The molecule has 0 unspecified atom stereocenters. The zero-order valence-electron chi connectivity index (χ0n) is 2.20. The third-order valence-electron chi connectivity index (χ3n) is 0. The first-order chi connectivity index (χ1) is 2.00. The quantitative estimate of drug-likeness (QED) is 0.454. The fraction of sp³-hybridized carbons (Fsp3) is 0. The zero-order chi connectivity index (χ0) is 4.00. The fourth-order valence-electron chi connectivity index (χ4n) is 0. The SMILES string of the molecule is [Au+3].[C-]#N.[C-]#N. The first-order valence-electron chi connectivity index (χ1n) is 0.447. The maximum absolute atomic E-state index is 6.25. The summed E-state index contributed by atoms with van der Waals surface area (Å²) in [6.45, 7) is 9.50. The number of hydrogen-bond donors (Lipinski definition) is 0. The smallest absolute Gasteiger partial charge is 0.512 e. The van der Waals surface area contributed by atoms with Gasteiger partial charge in [-0.2, -0.15) is 0 Å². The van der Waals surface area contributed by atoms with E-state index in [1.165, 1.54) is 0 Å². The van der Waals surface area contributed by atoms with Crippen LogP contribution in [0.25, 0.3) is 0 Å². The van der Waals surface area contributed by atoms with Gasteiger partial charge in [0.2, 0.25) is 0 Å². The van der Waals surface area contributed by atoms with Crippen molar-refractivity contribution in [1.29, 1.82) is 10.5 Å². The average Bonchev–Trinajstić information content (AvgIpc) is 1.50. The molecule has 0 rings (SSSR count). The van der Waals surface area contributed by atoms with Gasteiger partial charge in [0.05, 0.1) is 0 Å². The molecule has 0 saturated carbocycles. The van der Waals surface area contributed by atoms with E-state index in [4.69, 9.17) is 23.7 Å². The molecule has 0 saturated heterocycles. The molecule has 5 heavy (non-hydrogen) atoms. The Morgan fingerprint density at radius 3 is 0.800 bits per heavy atom. The van der Waals surface area contributed by atoms with Crippen molar-refractivity contribution in [3.8, 4) is 0 Å². The Morgan fingerprint density at radius 1 is 0.800 bits per heavy atom. The van der Waals surface area contributed by atoms with Crippen molar-refractivity contribution in [3.05, 3.63) is 13.1 Å². The Bertz CT molecular complexity index is 23.1. The summed E-state index contributed by atoms with van der Waals surface area (Å²) >= 11 is 0. The van der Waals surface area contributed by atoms with Gasteiger partial charge in [-0.1, -0.05) is 0 Å². The maximum Gasteiger partial charge on any atom is 3.00 e. The summed E-state index contributed by atoms with van der Waals surface area (Å²) in [4.78, 5) is 0. The van der Waals surface area contributed by atoms with Gasteiger partial charge in [0.1, 0.15) is 0 Å². The van der Waals surface area contributed by atoms with E-state index in [2.05, 4.69) is 0 Å². The molecule has 0 aliphatic carbocycles. The molecule has 0 atom stereocenters. The van der Waals surface area contributed by atoms with E-state index < -0.39 is 0 Å². The molecule has 0 spiro atoms. The number of rotatable bonds is 0. The summed E-state index contributed by atoms with van der Waals surface area (Å²) in [7, 11) is 0. The standard InChI is InChI=1S/2CN.Au/c2*1-2;/q2*-1;+3. The molecule has 0 bridgehead atoms. The van der Waals surface area contributed by atoms with E-state index >= 15 is 0 Å². The monoisotopic (exact) mass is 249 g/mol. The minimum atomic E-state index is 0. The maximum atomic E-state index is 6.25. The summed E-state index contributed by atoms with van der Waals surface area (Å²) < 4.78 is 0. The van der Waals surface area contributed by atoms with Gasteiger partial charge in [-0.15, -0.1) is 0 Å². The van der Waals surface area contributed by atoms with E-state index in [-0.39, 0.29) is 22.4 Å². The van der Waals surface area contributed by atoms with Crippen LogP contribution in [0.1, 0.15) is 0 Å². The largest absolute Gasteiger partial charge is 3.00 e. The van der Waals surface area contributed by atoms with Crippen molar-refractivity contribution in [2.45, 2.75) is 0 Å². The van der Waals surface area contributed by atoms with Crippen molar-refractivity contribution >= 4 is 0 Å². The molecule has 28 valence electrons. The molecule has 3 heteroatoms.